The lowest BCUT2D eigenvalue weighted by atomic mass is 9.92. The Morgan fingerprint density at radius 3 is 1.82 bits per heavy atom. The number of ether oxygens (including phenoxy) is 7. The zero-order valence-electron chi connectivity index (χ0n) is 55.4. The van der Waals surface area contributed by atoms with E-state index in [1.165, 1.54) is 31.4 Å². The maximum Gasteiger partial charge on any atom is 0.346 e. The first-order chi connectivity index (χ1) is 49.2. The maximum absolute atomic E-state index is 15.2. The van der Waals surface area contributed by atoms with Crippen molar-refractivity contribution < 1.29 is 133 Å². The van der Waals surface area contributed by atoms with Crippen LogP contribution in [-0.2, 0) is 54.1 Å². The number of fused-ring (bicyclic) bond motifs is 1. The van der Waals surface area contributed by atoms with Crippen molar-refractivity contribution in [3.63, 3.8) is 0 Å². The first-order valence-electron chi connectivity index (χ1n) is 33.0. The van der Waals surface area contributed by atoms with Crippen LogP contribution in [0.2, 0.25) is 0 Å². The van der Waals surface area contributed by atoms with Gasteiger partial charge < -0.3 is 142 Å². The zero-order valence-corrected chi connectivity index (χ0v) is 55.4. The number of amides is 6. The predicted octanol–water partition coefficient (Wildman–Crippen LogP) is -11.1. The molecule has 25 N–H and O–H groups in total. The fourth-order valence-corrected chi connectivity index (χ4v) is 12.8. The second-order valence-corrected chi connectivity index (χ2v) is 25.6. The number of aliphatic hydroxyl groups excluding tert-OH is 13. The molecule has 25 atom stereocenters. The smallest absolute Gasteiger partial charge is 0.346 e. The van der Waals surface area contributed by atoms with Gasteiger partial charge in [-0.05, 0) is 58.3 Å². The third kappa shape index (κ3) is 17.4. The number of nitrogens with zero attached hydrogens (tertiary/aromatic N) is 2. The minimum absolute atomic E-state index is 0.0702. The SMILES string of the molecule is COc1ccc2cc(OC[C@@H]3O[C@@H](O[C@H]4[C@@H](O)[C@@H](O)[C@@H](Oc5ccc(C[C@H]6NC(=O)C([C@H](C)c7ccccc7)NC(=O)CNC(=O)C(CO)NC(=O)[C@@H]([C@H](O)[C@@H]7CNC(N)=[N+]7[C@@H]7O[C@@H](CO)[C@H](O)[C@H](O)[C@@H]7O)NC(=O)[C@H]([C@H](O)[C@@H]7CNC(N)=N7)NC6=O)cc5)O[C@@H]4CO)[C@@H](O)[C@@H](O)[C@H]3O)ccc2c1. The molecule has 10 rings (SSSR count). The average Bonchev–Trinajstić information content (AvgIpc) is 1.76. The summed E-state index contributed by atoms with van der Waals surface area (Å²) in [6, 6.07) is 11.4. The Hall–Kier alpha value is -8.78. The number of carbonyl (C=O) groups is 6. The number of carbonyl (C=O) groups excluding carboxylic acids is 6. The van der Waals surface area contributed by atoms with E-state index in [4.69, 9.17) is 44.6 Å². The summed E-state index contributed by atoms with van der Waals surface area (Å²) in [5.74, 6) is -7.86. The third-order valence-electron chi connectivity index (χ3n) is 18.8. The van der Waals surface area contributed by atoms with Crippen molar-refractivity contribution in [1.82, 2.24) is 42.5 Å². The summed E-state index contributed by atoms with van der Waals surface area (Å²) in [6.07, 6.45) is -31.6. The van der Waals surface area contributed by atoms with Crippen LogP contribution in [0.1, 0.15) is 24.0 Å². The zero-order chi connectivity index (χ0) is 74.2. The minimum atomic E-state index is -2.34. The van der Waals surface area contributed by atoms with Crippen LogP contribution in [0.3, 0.4) is 0 Å². The van der Waals surface area contributed by atoms with Gasteiger partial charge in [0.25, 0.3) is 0 Å². The number of hydrogen-bond donors (Lipinski definition) is 23. The molecule has 6 amide bonds. The van der Waals surface area contributed by atoms with Crippen molar-refractivity contribution in [1.29, 1.82) is 0 Å². The molecule has 0 spiro atoms. The molecule has 0 radical (unpaired) electrons. The third-order valence-corrected chi connectivity index (χ3v) is 18.8. The van der Waals surface area contributed by atoms with Gasteiger partial charge in [0.15, 0.2) is 12.2 Å². The second-order valence-electron chi connectivity index (χ2n) is 25.6. The monoisotopic (exact) mass is 1450 g/mol. The van der Waals surface area contributed by atoms with Crippen LogP contribution < -0.4 is 68.2 Å². The second kappa shape index (κ2) is 33.8. The van der Waals surface area contributed by atoms with Gasteiger partial charge in [-0.15, -0.1) is 0 Å². The topological polar surface area (TPSA) is 594 Å². The van der Waals surface area contributed by atoms with Crippen molar-refractivity contribution in [2.75, 3.05) is 53.2 Å². The van der Waals surface area contributed by atoms with Crippen LogP contribution in [0.4, 0.5) is 0 Å². The van der Waals surface area contributed by atoms with Gasteiger partial charge in [0.1, 0.15) is 152 Å². The number of nitrogens with one attached hydrogen (secondary N) is 8. The molecule has 0 aromatic heterocycles. The number of benzene rings is 4. The van der Waals surface area contributed by atoms with Gasteiger partial charge in [-0.25, -0.2) is 9.57 Å². The molecule has 562 valence electrons. The lowest BCUT2D eigenvalue weighted by Gasteiger charge is -2.46. The standard InChI is InChI=1S/C65H86N12O26/c1-26(28-6-4-3-5-7-28)42-58(94)71-34(16-27-8-12-31(13-9-27)99-62-54(91)51(88)55(39(24-80)101-62)103-63-53(90)50(87)48(85)40(102-63)25-98-33-15-11-29-17-32(97-2)14-10-30(29)18-33)57(93)75-43(45(82)35-19-69-64(66)73-35)60(96)76-44(59(95)72-36(22-78)56(92)68-21-41(81)74-42)46(83)37-20-70-65(67)77(37)61-52(89)49(86)47(84)38(23-79)100-61/h3-15,17-18,26,34-40,42-55,61-63,78-80,82-91H,16,19-25H2,1-2H3,(H11,66,67,68,69,70,71,72,73,74,75,76,81,92,93,94,95,96)/p+1/t26-,34-,35+,36?,37+,38+,39-,40+,42?,43+,44-,45-,46-,47+,48+,49+,50+,51+,52+,53+,54-,55-,61-,62+,63+/m1/s1. The highest BCUT2D eigenvalue weighted by Gasteiger charge is 2.55. The highest BCUT2D eigenvalue weighted by atomic mass is 16.7. The number of hydrogen-bond acceptors (Lipinski definition) is 31. The Kier molecular flexibility index (Phi) is 25.2. The molecule has 4 saturated heterocycles. The molecular formula is C65H87N12O26+. The van der Waals surface area contributed by atoms with E-state index in [0.29, 0.717) is 17.1 Å². The summed E-state index contributed by atoms with van der Waals surface area (Å²) in [7, 11) is 1.54. The van der Waals surface area contributed by atoms with Crippen molar-refractivity contribution in [3.05, 3.63) is 102 Å². The summed E-state index contributed by atoms with van der Waals surface area (Å²) in [6.45, 7) is -3.32. The molecule has 38 nitrogen and oxygen atoms in total. The number of nitrogens with two attached hydrogens (primary N) is 2. The van der Waals surface area contributed by atoms with Gasteiger partial charge in [-0.2, -0.15) is 0 Å². The number of aliphatic hydroxyl groups is 13. The van der Waals surface area contributed by atoms with Crippen LogP contribution in [0.15, 0.2) is 96.0 Å². The van der Waals surface area contributed by atoms with E-state index in [1.54, 1.807) is 61.5 Å². The van der Waals surface area contributed by atoms with E-state index >= 15 is 9.59 Å². The highest BCUT2D eigenvalue weighted by molar-refractivity contribution is 5.98. The fraction of sp³-hybridized carbons (Fsp3) is 0.538. The lowest BCUT2D eigenvalue weighted by molar-refractivity contribution is -0.663. The van der Waals surface area contributed by atoms with E-state index in [9.17, 15) is 85.6 Å². The Balaban J connectivity index is 0.902. The van der Waals surface area contributed by atoms with Crippen LogP contribution in [0.25, 0.3) is 10.8 Å². The number of guanidine groups is 2. The van der Waals surface area contributed by atoms with Crippen molar-refractivity contribution >= 4 is 58.1 Å². The molecule has 0 bridgehead atoms. The molecule has 2 unspecified atom stereocenters. The Morgan fingerprint density at radius 1 is 0.563 bits per heavy atom. The molecule has 6 heterocycles. The normalized spacial score (nSPS) is 34.5. The van der Waals surface area contributed by atoms with Gasteiger partial charge in [0.2, 0.25) is 48.0 Å². The van der Waals surface area contributed by atoms with E-state index in [-0.39, 0.29) is 36.4 Å². The molecule has 4 aromatic rings. The van der Waals surface area contributed by atoms with Crippen molar-refractivity contribution in [2.45, 2.75) is 166 Å². The van der Waals surface area contributed by atoms with Gasteiger partial charge in [-0.1, -0.05) is 61.5 Å². The molecular weight excluding hydrogens is 1360 g/mol. The molecule has 38 heteroatoms. The molecule has 6 aliphatic rings. The van der Waals surface area contributed by atoms with E-state index in [1.807, 2.05) is 12.1 Å². The molecule has 0 saturated carbocycles. The Labute approximate surface area is 586 Å². The predicted molar refractivity (Wildman–Crippen MR) is 351 cm³/mol. The number of aliphatic imine (C=N–C) groups is 1. The van der Waals surface area contributed by atoms with Crippen LogP contribution in [0, 0.1) is 0 Å². The summed E-state index contributed by atoms with van der Waals surface area (Å²) in [5.41, 5.74) is 12.9. The van der Waals surface area contributed by atoms with Gasteiger partial charge in [0, 0.05) is 18.9 Å². The summed E-state index contributed by atoms with van der Waals surface area (Å²) >= 11 is 0. The number of rotatable bonds is 20. The Morgan fingerprint density at radius 2 is 1.16 bits per heavy atom. The fourth-order valence-electron chi connectivity index (χ4n) is 12.8. The van der Waals surface area contributed by atoms with Crippen LogP contribution in [0.5, 0.6) is 17.2 Å². The minimum Gasteiger partial charge on any atom is -0.497 e. The molecule has 103 heavy (non-hydrogen) atoms. The summed E-state index contributed by atoms with van der Waals surface area (Å²) in [4.78, 5) is 91.8. The number of methoxy groups -OCH3 is 1. The Bertz CT molecular complexity index is 3700. The van der Waals surface area contributed by atoms with Crippen molar-refractivity contribution in [2.24, 2.45) is 16.5 Å². The molecule has 4 aromatic carbocycles. The quantitative estimate of drug-likeness (QED) is 0.0365. The highest BCUT2D eigenvalue weighted by Crippen LogP contribution is 2.33. The first kappa shape index (κ1) is 76.8. The first-order valence-corrected chi connectivity index (χ1v) is 33.0. The van der Waals surface area contributed by atoms with Crippen LogP contribution in [-0.4, -0.2) is 318 Å². The van der Waals surface area contributed by atoms with Crippen molar-refractivity contribution in [3.8, 4) is 17.2 Å². The maximum atomic E-state index is 15.2. The summed E-state index contributed by atoms with van der Waals surface area (Å²) < 4.78 is 41.5. The van der Waals surface area contributed by atoms with Gasteiger partial charge in [-0.3, -0.25) is 39.8 Å². The van der Waals surface area contributed by atoms with E-state index < -0.39 is 227 Å². The van der Waals surface area contributed by atoms with E-state index in [2.05, 4.69) is 47.5 Å². The summed E-state index contributed by atoms with van der Waals surface area (Å²) in [5, 5.41) is 165. The van der Waals surface area contributed by atoms with E-state index in [0.717, 1.165) is 15.3 Å². The average molecular weight is 1450 g/mol. The lowest BCUT2D eigenvalue weighted by Crippen LogP contribution is -2.68. The molecule has 6 aliphatic heterocycles. The van der Waals surface area contributed by atoms with Crippen LogP contribution >= 0.6 is 0 Å². The molecule has 0 aliphatic carbocycles. The van der Waals surface area contributed by atoms with Gasteiger partial charge >= 0.3 is 5.96 Å². The van der Waals surface area contributed by atoms with Gasteiger partial charge in [0.05, 0.1) is 39.5 Å². The molecule has 4 fully saturated rings. The largest absolute Gasteiger partial charge is 0.497 e.